The van der Waals surface area contributed by atoms with E-state index in [0.29, 0.717) is 28.9 Å². The van der Waals surface area contributed by atoms with Crippen LogP contribution in [0.2, 0.25) is 0 Å². The van der Waals surface area contributed by atoms with E-state index in [9.17, 15) is 4.79 Å². The lowest BCUT2D eigenvalue weighted by atomic mass is 10.0. The van der Waals surface area contributed by atoms with Gasteiger partial charge in [0.2, 0.25) is 17.6 Å². The van der Waals surface area contributed by atoms with E-state index in [1.807, 2.05) is 36.4 Å². The first kappa shape index (κ1) is 17.6. The Morgan fingerprint density at radius 1 is 1.12 bits per heavy atom. The molecule has 0 aliphatic rings. The molecule has 0 atom stereocenters. The van der Waals surface area contributed by atoms with E-state index in [4.69, 9.17) is 4.52 Å². The lowest BCUT2D eigenvalue weighted by Crippen LogP contribution is -2.08. The number of aromatic nitrogens is 2. The number of hydrogen-bond acceptors (Lipinski definition) is 4. The molecule has 2 aromatic carbocycles. The number of para-hydroxylation sites is 1. The quantitative estimate of drug-likeness (QED) is 0.672. The summed E-state index contributed by atoms with van der Waals surface area (Å²) in [6.07, 6.45) is 3.31. The SMILES string of the molecule is Cc1nc(-c2ccccc2NC(=O)/C=C/c2ccc(C(C)C)cc2)no1. The molecule has 0 aliphatic carbocycles. The van der Waals surface area contributed by atoms with Gasteiger partial charge in [-0.3, -0.25) is 4.79 Å². The topological polar surface area (TPSA) is 68.0 Å². The van der Waals surface area contributed by atoms with Crippen molar-refractivity contribution >= 4 is 17.7 Å². The Morgan fingerprint density at radius 3 is 2.50 bits per heavy atom. The first-order chi connectivity index (χ1) is 12.5. The molecule has 0 fully saturated rings. The summed E-state index contributed by atoms with van der Waals surface area (Å²) >= 11 is 0. The molecule has 3 aromatic rings. The van der Waals surface area contributed by atoms with E-state index >= 15 is 0 Å². The number of amides is 1. The summed E-state index contributed by atoms with van der Waals surface area (Å²) in [5.41, 5.74) is 3.60. The smallest absolute Gasteiger partial charge is 0.248 e. The minimum Gasteiger partial charge on any atom is -0.339 e. The standard InChI is InChI=1S/C21H21N3O2/c1-14(2)17-11-8-16(9-12-17)10-13-20(25)23-19-7-5-4-6-18(19)21-22-15(3)26-24-21/h4-14H,1-3H3,(H,23,25)/b13-10+. The van der Waals surface area contributed by atoms with Crippen LogP contribution in [0.3, 0.4) is 0 Å². The lowest BCUT2D eigenvalue weighted by Gasteiger charge is -2.07. The van der Waals surface area contributed by atoms with E-state index < -0.39 is 0 Å². The molecule has 1 aromatic heterocycles. The molecule has 0 saturated heterocycles. The zero-order valence-corrected chi connectivity index (χ0v) is 15.1. The predicted molar refractivity (Wildman–Crippen MR) is 103 cm³/mol. The molecule has 132 valence electrons. The summed E-state index contributed by atoms with van der Waals surface area (Å²) in [5, 5.41) is 6.79. The van der Waals surface area contributed by atoms with Gasteiger partial charge in [-0.05, 0) is 35.3 Å². The van der Waals surface area contributed by atoms with Crippen molar-refractivity contribution in [3.05, 3.63) is 71.6 Å². The summed E-state index contributed by atoms with van der Waals surface area (Å²) in [4.78, 5) is 16.5. The molecule has 3 rings (SSSR count). The Labute approximate surface area is 152 Å². The number of anilines is 1. The van der Waals surface area contributed by atoms with Crippen LogP contribution in [0, 0.1) is 6.92 Å². The zero-order valence-electron chi connectivity index (χ0n) is 15.1. The van der Waals surface area contributed by atoms with Gasteiger partial charge >= 0.3 is 0 Å². The molecule has 26 heavy (non-hydrogen) atoms. The number of benzene rings is 2. The molecule has 0 saturated carbocycles. The van der Waals surface area contributed by atoms with E-state index in [1.165, 1.54) is 11.6 Å². The largest absolute Gasteiger partial charge is 0.339 e. The van der Waals surface area contributed by atoms with Gasteiger partial charge in [-0.15, -0.1) is 0 Å². The highest BCUT2D eigenvalue weighted by molar-refractivity contribution is 6.03. The first-order valence-electron chi connectivity index (χ1n) is 8.51. The molecule has 5 heteroatoms. The van der Waals surface area contributed by atoms with E-state index in [-0.39, 0.29) is 5.91 Å². The maximum atomic E-state index is 12.3. The number of carbonyl (C=O) groups is 1. The summed E-state index contributed by atoms with van der Waals surface area (Å²) < 4.78 is 5.02. The van der Waals surface area contributed by atoms with Crippen molar-refractivity contribution in [1.82, 2.24) is 10.1 Å². The predicted octanol–water partition coefficient (Wildman–Crippen LogP) is 4.82. The number of carbonyl (C=O) groups excluding carboxylic acids is 1. The van der Waals surface area contributed by atoms with Crippen LogP contribution in [0.1, 0.15) is 36.8 Å². The van der Waals surface area contributed by atoms with Gasteiger partial charge in [-0.1, -0.05) is 55.4 Å². The molecule has 5 nitrogen and oxygen atoms in total. The van der Waals surface area contributed by atoms with Crippen LogP contribution in [0.15, 0.2) is 59.1 Å². The molecule has 1 amide bonds. The fourth-order valence-electron chi connectivity index (χ4n) is 2.53. The highest BCUT2D eigenvalue weighted by atomic mass is 16.5. The second-order valence-electron chi connectivity index (χ2n) is 6.33. The maximum Gasteiger partial charge on any atom is 0.248 e. The van der Waals surface area contributed by atoms with Gasteiger partial charge in [0, 0.05) is 18.6 Å². The van der Waals surface area contributed by atoms with Gasteiger partial charge in [-0.2, -0.15) is 4.98 Å². The normalized spacial score (nSPS) is 11.2. The third-order valence-electron chi connectivity index (χ3n) is 3.98. The third-order valence-corrected chi connectivity index (χ3v) is 3.98. The van der Waals surface area contributed by atoms with Gasteiger partial charge in [0.05, 0.1) is 5.69 Å². The second-order valence-corrected chi connectivity index (χ2v) is 6.33. The Hall–Kier alpha value is -3.21. The van der Waals surface area contributed by atoms with Crippen LogP contribution in [0.25, 0.3) is 17.5 Å². The highest BCUT2D eigenvalue weighted by Gasteiger charge is 2.11. The van der Waals surface area contributed by atoms with Gasteiger partial charge < -0.3 is 9.84 Å². The molecule has 0 unspecified atom stereocenters. The summed E-state index contributed by atoms with van der Waals surface area (Å²) in [7, 11) is 0. The fraction of sp³-hybridized carbons (Fsp3) is 0.190. The molecule has 0 spiro atoms. The van der Waals surface area contributed by atoms with Crippen molar-refractivity contribution in [3.8, 4) is 11.4 Å². The van der Waals surface area contributed by atoms with Crippen LogP contribution < -0.4 is 5.32 Å². The van der Waals surface area contributed by atoms with Gasteiger partial charge in [0.1, 0.15) is 0 Å². The molecular weight excluding hydrogens is 326 g/mol. The Bertz CT molecular complexity index is 924. The summed E-state index contributed by atoms with van der Waals surface area (Å²) in [5.74, 6) is 1.20. The minimum atomic E-state index is -0.217. The van der Waals surface area contributed by atoms with Crippen LogP contribution in [0.5, 0.6) is 0 Å². The first-order valence-corrected chi connectivity index (χ1v) is 8.51. The average Bonchev–Trinajstić information content (AvgIpc) is 3.07. The van der Waals surface area contributed by atoms with E-state index in [0.717, 1.165) is 5.56 Å². The minimum absolute atomic E-state index is 0.217. The number of hydrogen-bond donors (Lipinski definition) is 1. The summed E-state index contributed by atoms with van der Waals surface area (Å²) in [6, 6.07) is 15.5. The number of aryl methyl sites for hydroxylation is 1. The van der Waals surface area contributed by atoms with Gasteiger partial charge in [-0.25, -0.2) is 0 Å². The number of nitrogens with zero attached hydrogens (tertiary/aromatic N) is 2. The van der Waals surface area contributed by atoms with Crippen LogP contribution in [-0.4, -0.2) is 16.0 Å². The van der Waals surface area contributed by atoms with Gasteiger partial charge in [0.15, 0.2) is 0 Å². The van der Waals surface area contributed by atoms with Crippen LogP contribution in [0.4, 0.5) is 5.69 Å². The lowest BCUT2D eigenvalue weighted by molar-refractivity contribution is -0.111. The van der Waals surface area contributed by atoms with Crippen molar-refractivity contribution in [2.75, 3.05) is 5.32 Å². The Balaban J connectivity index is 1.72. The zero-order chi connectivity index (χ0) is 18.5. The average molecular weight is 347 g/mol. The van der Waals surface area contributed by atoms with E-state index in [2.05, 4.69) is 41.4 Å². The molecule has 0 bridgehead atoms. The third kappa shape index (κ3) is 4.25. The van der Waals surface area contributed by atoms with Crippen molar-refractivity contribution < 1.29 is 9.32 Å². The fourth-order valence-corrected chi connectivity index (χ4v) is 2.53. The monoisotopic (exact) mass is 347 g/mol. The number of nitrogens with one attached hydrogen (secondary N) is 1. The molecule has 0 aliphatic heterocycles. The molecule has 0 radical (unpaired) electrons. The van der Waals surface area contributed by atoms with E-state index in [1.54, 1.807) is 13.0 Å². The van der Waals surface area contributed by atoms with Crippen molar-refractivity contribution in [1.29, 1.82) is 0 Å². The second kappa shape index (κ2) is 7.78. The number of rotatable bonds is 5. The van der Waals surface area contributed by atoms with Crippen molar-refractivity contribution in [3.63, 3.8) is 0 Å². The maximum absolute atomic E-state index is 12.3. The molecule has 1 N–H and O–H groups in total. The highest BCUT2D eigenvalue weighted by Crippen LogP contribution is 2.25. The molecular formula is C21H21N3O2. The van der Waals surface area contributed by atoms with Crippen molar-refractivity contribution in [2.45, 2.75) is 26.7 Å². The van der Waals surface area contributed by atoms with Gasteiger partial charge in [0.25, 0.3) is 0 Å². The Morgan fingerprint density at radius 2 is 1.85 bits per heavy atom. The van der Waals surface area contributed by atoms with Crippen molar-refractivity contribution in [2.24, 2.45) is 0 Å². The molecule has 1 heterocycles. The Kier molecular flexibility index (Phi) is 5.27. The van der Waals surface area contributed by atoms with Crippen LogP contribution in [-0.2, 0) is 4.79 Å². The van der Waals surface area contributed by atoms with Crippen LogP contribution >= 0.6 is 0 Å². The summed E-state index contributed by atoms with van der Waals surface area (Å²) in [6.45, 7) is 6.03.